The third-order valence-corrected chi connectivity index (χ3v) is 4.95. The molecule has 0 aromatic carbocycles. The lowest BCUT2D eigenvalue weighted by molar-refractivity contribution is -0.925. The highest BCUT2D eigenvalue weighted by Gasteiger charge is 2.16. The van der Waals surface area contributed by atoms with Crippen molar-refractivity contribution >= 4 is 5.91 Å². The zero-order valence-electron chi connectivity index (χ0n) is 18.6. The molecular weight excluding hydrogens is 336 g/mol. The quantitative estimate of drug-likeness (QED) is 0.142. The minimum absolute atomic E-state index is 0.162. The van der Waals surface area contributed by atoms with Crippen LogP contribution in [-0.4, -0.2) is 42.3 Å². The van der Waals surface area contributed by atoms with Crippen LogP contribution < -0.4 is 5.43 Å². The number of allylic oxidation sites excluding steroid dienone is 1. The number of aliphatic hydroxyl groups excluding tert-OH is 1. The van der Waals surface area contributed by atoms with Crippen LogP contribution in [0, 0.1) is 0 Å². The number of nitrogens with zero attached hydrogens (tertiary/aromatic N) is 1. The van der Waals surface area contributed by atoms with E-state index in [0.717, 1.165) is 51.5 Å². The van der Waals surface area contributed by atoms with Crippen molar-refractivity contribution < 1.29 is 14.5 Å². The Hall–Kier alpha value is -0.870. The van der Waals surface area contributed by atoms with Crippen molar-refractivity contribution in [3.63, 3.8) is 0 Å². The molecule has 0 saturated carbocycles. The second-order valence-corrected chi connectivity index (χ2v) is 8.46. The molecule has 0 aromatic heterocycles. The van der Waals surface area contributed by atoms with E-state index in [1.54, 1.807) is 0 Å². The molecule has 0 aliphatic carbocycles. The van der Waals surface area contributed by atoms with Crippen LogP contribution in [0.15, 0.2) is 12.2 Å². The van der Waals surface area contributed by atoms with Crippen molar-refractivity contribution in [3.8, 4) is 0 Å². The number of hydrogen-bond acceptors (Lipinski definition) is 2. The standard InChI is InChI=1S/C23H46N2O2/c1-5-7-8-15-18-22(26)19-16-13-11-9-10-12-14-17-20-23(27)24-25(3,4)21-6-2/h13,16,22,26H,5-12,14-15,17-21H2,1-4H3/p+1/t22-/m1/s1. The number of aliphatic hydroxyl groups is 1. The summed E-state index contributed by atoms with van der Waals surface area (Å²) >= 11 is 0. The molecule has 0 rings (SSSR count). The fourth-order valence-electron chi connectivity index (χ4n) is 3.38. The molecule has 4 heteroatoms. The zero-order valence-corrected chi connectivity index (χ0v) is 18.6. The Morgan fingerprint density at radius 2 is 1.59 bits per heavy atom. The fraction of sp³-hybridized carbons (Fsp3) is 0.870. The van der Waals surface area contributed by atoms with E-state index in [1.807, 2.05) is 14.1 Å². The molecule has 160 valence electrons. The van der Waals surface area contributed by atoms with Crippen LogP contribution in [0.3, 0.4) is 0 Å². The van der Waals surface area contributed by atoms with Crippen molar-refractivity contribution in [2.75, 3.05) is 20.6 Å². The third-order valence-electron chi connectivity index (χ3n) is 4.95. The molecule has 0 unspecified atom stereocenters. The summed E-state index contributed by atoms with van der Waals surface area (Å²) < 4.78 is 0.578. The summed E-state index contributed by atoms with van der Waals surface area (Å²) in [6.45, 7) is 5.32. The van der Waals surface area contributed by atoms with Crippen LogP contribution in [0.2, 0.25) is 0 Å². The highest BCUT2D eigenvalue weighted by Crippen LogP contribution is 2.10. The van der Waals surface area contributed by atoms with Gasteiger partial charge in [0, 0.05) is 6.42 Å². The summed E-state index contributed by atoms with van der Waals surface area (Å²) in [6.07, 6.45) is 19.4. The van der Waals surface area contributed by atoms with Gasteiger partial charge in [0.05, 0.1) is 20.2 Å². The van der Waals surface area contributed by atoms with Gasteiger partial charge in [0.15, 0.2) is 0 Å². The lowest BCUT2D eigenvalue weighted by Gasteiger charge is -2.28. The lowest BCUT2D eigenvalue weighted by atomic mass is 10.1. The van der Waals surface area contributed by atoms with E-state index >= 15 is 0 Å². The zero-order chi connectivity index (χ0) is 20.4. The highest BCUT2D eigenvalue weighted by molar-refractivity contribution is 5.74. The number of rotatable bonds is 18. The van der Waals surface area contributed by atoms with Gasteiger partial charge in [-0.05, 0) is 38.5 Å². The normalized spacial score (nSPS) is 13.2. The van der Waals surface area contributed by atoms with Gasteiger partial charge in [0.25, 0.3) is 5.91 Å². The van der Waals surface area contributed by atoms with E-state index in [0.29, 0.717) is 11.0 Å². The van der Waals surface area contributed by atoms with Crippen LogP contribution in [0.4, 0.5) is 0 Å². The molecule has 0 bridgehead atoms. The summed E-state index contributed by atoms with van der Waals surface area (Å²) in [5.41, 5.74) is 3.08. The van der Waals surface area contributed by atoms with Gasteiger partial charge in [-0.2, -0.15) is 0 Å². The molecule has 0 aromatic rings. The second kappa shape index (κ2) is 17.2. The first-order chi connectivity index (χ1) is 12.9. The molecular formula is C23H47N2O2+. The molecule has 2 N–H and O–H groups in total. The summed E-state index contributed by atoms with van der Waals surface area (Å²) in [7, 11) is 4.08. The number of quaternary nitrogens is 1. The second-order valence-electron chi connectivity index (χ2n) is 8.46. The van der Waals surface area contributed by atoms with Gasteiger partial charge in [0.2, 0.25) is 0 Å². The maximum Gasteiger partial charge on any atom is 0.264 e. The van der Waals surface area contributed by atoms with Crippen LogP contribution in [0.1, 0.15) is 104 Å². The maximum absolute atomic E-state index is 11.9. The van der Waals surface area contributed by atoms with Crippen LogP contribution in [0.5, 0.6) is 0 Å². The van der Waals surface area contributed by atoms with Gasteiger partial charge < -0.3 is 5.11 Å². The first-order valence-electron chi connectivity index (χ1n) is 11.4. The van der Waals surface area contributed by atoms with Gasteiger partial charge in [-0.25, -0.2) is 10.0 Å². The largest absolute Gasteiger partial charge is 0.393 e. The number of carbonyl (C=O) groups excluding carboxylic acids is 1. The Balaban J connectivity index is 3.47. The van der Waals surface area contributed by atoms with E-state index in [-0.39, 0.29) is 12.0 Å². The highest BCUT2D eigenvalue weighted by atomic mass is 16.3. The Morgan fingerprint density at radius 1 is 0.926 bits per heavy atom. The Bertz CT molecular complexity index is 381. The molecule has 0 heterocycles. The van der Waals surface area contributed by atoms with Crippen molar-refractivity contribution in [2.45, 2.75) is 110 Å². The van der Waals surface area contributed by atoms with E-state index in [4.69, 9.17) is 0 Å². The number of nitrogens with one attached hydrogen (secondary N) is 1. The summed E-state index contributed by atoms with van der Waals surface area (Å²) in [4.78, 5) is 11.9. The molecule has 1 amide bonds. The number of unbranched alkanes of at least 4 members (excludes halogenated alkanes) is 8. The predicted octanol–water partition coefficient (Wildman–Crippen LogP) is 5.51. The van der Waals surface area contributed by atoms with Gasteiger partial charge in [-0.1, -0.05) is 70.9 Å². The predicted molar refractivity (Wildman–Crippen MR) is 116 cm³/mol. The molecule has 4 nitrogen and oxygen atoms in total. The Kier molecular flexibility index (Phi) is 16.7. The molecule has 1 atom stereocenters. The number of hydrogen-bond donors (Lipinski definition) is 2. The molecule has 27 heavy (non-hydrogen) atoms. The maximum atomic E-state index is 11.9. The van der Waals surface area contributed by atoms with Crippen molar-refractivity contribution in [2.24, 2.45) is 0 Å². The minimum atomic E-state index is -0.162. The smallest absolute Gasteiger partial charge is 0.264 e. The van der Waals surface area contributed by atoms with Crippen LogP contribution in [0.25, 0.3) is 0 Å². The monoisotopic (exact) mass is 383 g/mol. The average molecular weight is 384 g/mol. The lowest BCUT2D eigenvalue weighted by Crippen LogP contribution is -2.54. The van der Waals surface area contributed by atoms with Gasteiger partial charge in [-0.15, -0.1) is 0 Å². The SMILES string of the molecule is CCCCCC[C@@H](O)CC=CCCCCCCCC(=O)N[N+](C)(C)CCC. The summed E-state index contributed by atoms with van der Waals surface area (Å²) in [5.74, 6) is 0.171. The molecule has 0 radical (unpaired) electrons. The average Bonchev–Trinajstić information content (AvgIpc) is 2.59. The first kappa shape index (κ1) is 26.1. The van der Waals surface area contributed by atoms with Crippen LogP contribution in [-0.2, 0) is 4.79 Å². The van der Waals surface area contributed by atoms with Crippen molar-refractivity contribution in [1.82, 2.24) is 5.43 Å². The molecule has 0 saturated heterocycles. The van der Waals surface area contributed by atoms with E-state index < -0.39 is 0 Å². The van der Waals surface area contributed by atoms with E-state index in [9.17, 15) is 9.90 Å². The topological polar surface area (TPSA) is 49.3 Å². The molecule has 0 fully saturated rings. The van der Waals surface area contributed by atoms with E-state index in [1.165, 1.54) is 38.5 Å². The number of amides is 1. The van der Waals surface area contributed by atoms with Crippen molar-refractivity contribution in [3.05, 3.63) is 12.2 Å². The fourth-order valence-corrected chi connectivity index (χ4v) is 3.38. The molecule has 0 spiro atoms. The minimum Gasteiger partial charge on any atom is -0.393 e. The van der Waals surface area contributed by atoms with Crippen LogP contribution >= 0.6 is 0 Å². The molecule has 0 aliphatic rings. The Morgan fingerprint density at radius 3 is 2.30 bits per heavy atom. The van der Waals surface area contributed by atoms with E-state index in [2.05, 4.69) is 31.4 Å². The Labute approximate surface area is 169 Å². The van der Waals surface area contributed by atoms with Gasteiger partial charge >= 0.3 is 0 Å². The molecule has 0 aliphatic heterocycles. The third kappa shape index (κ3) is 18.3. The van der Waals surface area contributed by atoms with Gasteiger partial charge in [-0.3, -0.25) is 4.79 Å². The number of carbonyl (C=O) groups is 1. The van der Waals surface area contributed by atoms with Crippen molar-refractivity contribution in [1.29, 1.82) is 0 Å². The first-order valence-corrected chi connectivity index (χ1v) is 11.4. The summed E-state index contributed by atoms with van der Waals surface area (Å²) in [6, 6.07) is 0. The van der Waals surface area contributed by atoms with Gasteiger partial charge in [0.1, 0.15) is 6.54 Å². The summed E-state index contributed by atoms with van der Waals surface area (Å²) in [5, 5.41) is 9.91.